The average Bonchev–Trinajstić information content (AvgIpc) is 1.99. The van der Waals surface area contributed by atoms with E-state index in [1.807, 2.05) is 40.2 Å². The summed E-state index contributed by atoms with van der Waals surface area (Å²) in [6.45, 7) is 7.14. The van der Waals surface area contributed by atoms with Gasteiger partial charge in [0.05, 0.1) is 5.60 Å². The molecule has 15 heavy (non-hydrogen) atoms. The highest BCUT2D eigenvalue weighted by atomic mass is 16.3. The largest absolute Gasteiger partial charge is 0.389 e. The second kappa shape index (κ2) is 4.73. The molecule has 3 heteroatoms. The lowest BCUT2D eigenvalue weighted by Crippen LogP contribution is -2.35. The maximum Gasteiger partial charge on any atom is 0.0718 e. The SMILES string of the molecule is Cc1cncc(CN(C)CC(C)(C)O)c1. The molecule has 0 aliphatic heterocycles. The van der Waals surface area contributed by atoms with E-state index in [0.717, 1.165) is 6.54 Å². The summed E-state index contributed by atoms with van der Waals surface area (Å²) in [7, 11) is 2.00. The predicted octanol–water partition coefficient (Wildman–Crippen LogP) is 1.59. The Balaban J connectivity index is 2.55. The Morgan fingerprint density at radius 2 is 2.07 bits per heavy atom. The summed E-state index contributed by atoms with van der Waals surface area (Å²) in [6.07, 6.45) is 3.72. The first-order valence-corrected chi connectivity index (χ1v) is 5.18. The molecule has 0 spiro atoms. The van der Waals surface area contributed by atoms with Crippen molar-refractivity contribution in [2.75, 3.05) is 13.6 Å². The van der Waals surface area contributed by atoms with Gasteiger partial charge in [-0.25, -0.2) is 0 Å². The zero-order valence-corrected chi connectivity index (χ0v) is 9.99. The van der Waals surface area contributed by atoms with Crippen LogP contribution in [0.15, 0.2) is 18.5 Å². The maximum atomic E-state index is 9.66. The highest BCUT2D eigenvalue weighted by molar-refractivity contribution is 5.16. The molecule has 0 bridgehead atoms. The van der Waals surface area contributed by atoms with E-state index in [4.69, 9.17) is 0 Å². The second-order valence-corrected chi connectivity index (χ2v) is 4.86. The van der Waals surface area contributed by atoms with Gasteiger partial charge in [-0.1, -0.05) is 6.07 Å². The number of rotatable bonds is 4. The van der Waals surface area contributed by atoms with Crippen LogP contribution in [0.2, 0.25) is 0 Å². The third-order valence-electron chi connectivity index (χ3n) is 2.04. The molecule has 0 atom stereocenters. The zero-order valence-electron chi connectivity index (χ0n) is 9.99. The van der Waals surface area contributed by atoms with Crippen molar-refractivity contribution in [3.05, 3.63) is 29.6 Å². The third kappa shape index (κ3) is 4.91. The minimum Gasteiger partial charge on any atom is -0.389 e. The zero-order chi connectivity index (χ0) is 11.5. The molecule has 1 rings (SSSR count). The Bertz CT molecular complexity index is 318. The van der Waals surface area contributed by atoms with E-state index in [0.29, 0.717) is 6.54 Å². The van der Waals surface area contributed by atoms with E-state index in [1.165, 1.54) is 11.1 Å². The Morgan fingerprint density at radius 3 is 2.60 bits per heavy atom. The number of aromatic nitrogens is 1. The molecular formula is C12H20N2O. The topological polar surface area (TPSA) is 36.4 Å². The van der Waals surface area contributed by atoms with Crippen molar-refractivity contribution in [1.29, 1.82) is 0 Å². The fourth-order valence-corrected chi connectivity index (χ4v) is 1.73. The summed E-state index contributed by atoms with van der Waals surface area (Å²) in [6, 6.07) is 2.12. The standard InChI is InChI=1S/C12H20N2O/c1-10-5-11(7-13-6-10)8-14(4)9-12(2,3)15/h5-7,15H,8-9H2,1-4H3. The van der Waals surface area contributed by atoms with Gasteiger partial charge in [-0.15, -0.1) is 0 Å². The monoisotopic (exact) mass is 208 g/mol. The summed E-state index contributed by atoms with van der Waals surface area (Å²) in [4.78, 5) is 6.24. The first-order chi connectivity index (χ1) is 6.87. The molecule has 1 heterocycles. The number of likely N-dealkylation sites (N-methyl/N-ethyl adjacent to an activating group) is 1. The van der Waals surface area contributed by atoms with Crippen LogP contribution in [0.25, 0.3) is 0 Å². The van der Waals surface area contributed by atoms with Crippen molar-refractivity contribution in [3.63, 3.8) is 0 Å². The smallest absolute Gasteiger partial charge is 0.0718 e. The molecule has 3 nitrogen and oxygen atoms in total. The molecule has 0 fully saturated rings. The molecule has 84 valence electrons. The van der Waals surface area contributed by atoms with Crippen LogP contribution in [0.3, 0.4) is 0 Å². The van der Waals surface area contributed by atoms with Crippen molar-refractivity contribution in [2.45, 2.75) is 32.9 Å². The Kier molecular flexibility index (Phi) is 3.83. The molecule has 0 aromatic carbocycles. The normalized spacial score (nSPS) is 12.1. The number of hydrogen-bond donors (Lipinski definition) is 1. The lowest BCUT2D eigenvalue weighted by Gasteiger charge is -2.25. The molecule has 0 aliphatic carbocycles. The molecule has 0 aliphatic rings. The van der Waals surface area contributed by atoms with Gasteiger partial charge in [0.25, 0.3) is 0 Å². The Morgan fingerprint density at radius 1 is 1.40 bits per heavy atom. The summed E-state index contributed by atoms with van der Waals surface area (Å²) in [5, 5.41) is 9.66. The fraction of sp³-hybridized carbons (Fsp3) is 0.583. The highest BCUT2D eigenvalue weighted by Crippen LogP contribution is 2.08. The van der Waals surface area contributed by atoms with Gasteiger partial charge in [-0.2, -0.15) is 0 Å². The number of aryl methyl sites for hydroxylation is 1. The number of pyridine rings is 1. The minimum absolute atomic E-state index is 0.647. The van der Waals surface area contributed by atoms with Crippen LogP contribution in [0.5, 0.6) is 0 Å². The van der Waals surface area contributed by atoms with Crippen LogP contribution in [0.1, 0.15) is 25.0 Å². The minimum atomic E-state index is -0.647. The van der Waals surface area contributed by atoms with Gasteiger partial charge in [0.1, 0.15) is 0 Å². The van der Waals surface area contributed by atoms with E-state index >= 15 is 0 Å². The number of hydrogen-bond acceptors (Lipinski definition) is 3. The highest BCUT2D eigenvalue weighted by Gasteiger charge is 2.15. The number of aliphatic hydroxyl groups is 1. The van der Waals surface area contributed by atoms with Gasteiger partial charge in [-0.05, 0) is 38.9 Å². The summed E-state index contributed by atoms with van der Waals surface area (Å²) < 4.78 is 0. The summed E-state index contributed by atoms with van der Waals surface area (Å²) >= 11 is 0. The molecule has 1 aromatic heterocycles. The van der Waals surface area contributed by atoms with Crippen LogP contribution in [0.4, 0.5) is 0 Å². The molecule has 1 N–H and O–H groups in total. The van der Waals surface area contributed by atoms with Gasteiger partial charge < -0.3 is 5.11 Å². The fourth-order valence-electron chi connectivity index (χ4n) is 1.73. The van der Waals surface area contributed by atoms with Crippen LogP contribution < -0.4 is 0 Å². The van der Waals surface area contributed by atoms with Gasteiger partial charge in [0.2, 0.25) is 0 Å². The van der Waals surface area contributed by atoms with Gasteiger partial charge in [0.15, 0.2) is 0 Å². The predicted molar refractivity (Wildman–Crippen MR) is 61.6 cm³/mol. The van der Waals surface area contributed by atoms with Gasteiger partial charge in [-0.3, -0.25) is 9.88 Å². The molecule has 1 aromatic rings. The average molecular weight is 208 g/mol. The third-order valence-corrected chi connectivity index (χ3v) is 2.04. The van der Waals surface area contributed by atoms with E-state index in [9.17, 15) is 5.11 Å². The summed E-state index contributed by atoms with van der Waals surface area (Å²) in [5.41, 5.74) is 1.71. The van der Waals surface area contributed by atoms with Gasteiger partial charge in [0, 0.05) is 25.5 Å². The molecule has 0 unspecified atom stereocenters. The molecule has 0 saturated heterocycles. The lowest BCUT2D eigenvalue weighted by atomic mass is 10.1. The molecule has 0 saturated carbocycles. The molecular weight excluding hydrogens is 188 g/mol. The first kappa shape index (κ1) is 12.1. The Hall–Kier alpha value is -0.930. The van der Waals surface area contributed by atoms with Gasteiger partial charge >= 0.3 is 0 Å². The maximum absolute atomic E-state index is 9.66. The first-order valence-electron chi connectivity index (χ1n) is 5.18. The van der Waals surface area contributed by atoms with E-state index < -0.39 is 5.60 Å². The van der Waals surface area contributed by atoms with Crippen LogP contribution in [-0.4, -0.2) is 34.2 Å². The van der Waals surface area contributed by atoms with E-state index in [1.54, 1.807) is 0 Å². The van der Waals surface area contributed by atoms with Crippen molar-refractivity contribution >= 4 is 0 Å². The van der Waals surface area contributed by atoms with Crippen molar-refractivity contribution in [3.8, 4) is 0 Å². The van der Waals surface area contributed by atoms with Crippen molar-refractivity contribution in [2.24, 2.45) is 0 Å². The summed E-state index contributed by atoms with van der Waals surface area (Å²) in [5.74, 6) is 0. The van der Waals surface area contributed by atoms with Crippen LogP contribution in [-0.2, 0) is 6.54 Å². The van der Waals surface area contributed by atoms with Crippen LogP contribution >= 0.6 is 0 Å². The quantitative estimate of drug-likeness (QED) is 0.816. The molecule has 0 radical (unpaired) electrons. The van der Waals surface area contributed by atoms with E-state index in [2.05, 4.69) is 16.0 Å². The lowest BCUT2D eigenvalue weighted by molar-refractivity contribution is 0.0424. The van der Waals surface area contributed by atoms with Crippen molar-refractivity contribution < 1.29 is 5.11 Å². The van der Waals surface area contributed by atoms with Crippen LogP contribution in [0, 0.1) is 6.92 Å². The number of nitrogens with zero attached hydrogens (tertiary/aromatic N) is 2. The Labute approximate surface area is 91.8 Å². The molecule has 0 amide bonds. The second-order valence-electron chi connectivity index (χ2n) is 4.86. The van der Waals surface area contributed by atoms with Crippen molar-refractivity contribution in [1.82, 2.24) is 9.88 Å². The van der Waals surface area contributed by atoms with E-state index in [-0.39, 0.29) is 0 Å².